The number of carboxylic acids is 1. The Morgan fingerprint density at radius 3 is 2.67 bits per heavy atom. The van der Waals surface area contributed by atoms with Crippen LogP contribution in [-0.4, -0.2) is 39.8 Å². The SMILES string of the molecule is CC(C)(C)OC(=O)N[C@@H]1CCC[C@H](Nc2ccnc(C(=O)O)c2)C1. The molecule has 7 heteroatoms. The van der Waals surface area contributed by atoms with E-state index in [1.807, 2.05) is 20.8 Å². The second-order valence-corrected chi connectivity index (χ2v) is 7.09. The van der Waals surface area contributed by atoms with Crippen LogP contribution in [0.2, 0.25) is 0 Å². The van der Waals surface area contributed by atoms with Crippen molar-refractivity contribution in [1.82, 2.24) is 10.3 Å². The van der Waals surface area contributed by atoms with Gasteiger partial charge in [0.25, 0.3) is 0 Å². The van der Waals surface area contributed by atoms with E-state index in [1.54, 1.807) is 6.07 Å². The number of hydrogen-bond acceptors (Lipinski definition) is 5. The van der Waals surface area contributed by atoms with Crippen molar-refractivity contribution >= 4 is 17.7 Å². The number of nitrogens with zero attached hydrogens (tertiary/aromatic N) is 1. The molecule has 0 aliphatic heterocycles. The van der Waals surface area contributed by atoms with Crippen molar-refractivity contribution in [2.24, 2.45) is 0 Å². The van der Waals surface area contributed by atoms with Crippen molar-refractivity contribution in [3.63, 3.8) is 0 Å². The van der Waals surface area contributed by atoms with Gasteiger partial charge in [-0.2, -0.15) is 0 Å². The summed E-state index contributed by atoms with van der Waals surface area (Å²) in [6, 6.07) is 3.49. The maximum absolute atomic E-state index is 11.9. The van der Waals surface area contributed by atoms with E-state index in [1.165, 1.54) is 12.3 Å². The van der Waals surface area contributed by atoms with Crippen LogP contribution in [0, 0.1) is 0 Å². The van der Waals surface area contributed by atoms with Crippen LogP contribution in [0.25, 0.3) is 0 Å². The number of aromatic carboxylic acids is 1. The largest absolute Gasteiger partial charge is 0.477 e. The number of carbonyl (C=O) groups is 2. The van der Waals surface area contributed by atoms with Gasteiger partial charge in [-0.05, 0) is 58.6 Å². The van der Waals surface area contributed by atoms with Gasteiger partial charge >= 0.3 is 12.1 Å². The third-order valence-electron chi connectivity index (χ3n) is 3.74. The fourth-order valence-electron chi connectivity index (χ4n) is 2.80. The Labute approximate surface area is 141 Å². The molecular formula is C17H25N3O4. The zero-order valence-corrected chi connectivity index (χ0v) is 14.3. The summed E-state index contributed by atoms with van der Waals surface area (Å²) in [4.78, 5) is 26.7. The fraction of sp³-hybridized carbons (Fsp3) is 0.588. The lowest BCUT2D eigenvalue weighted by Gasteiger charge is -2.31. The lowest BCUT2D eigenvalue weighted by atomic mass is 9.91. The summed E-state index contributed by atoms with van der Waals surface area (Å²) in [5.74, 6) is -1.05. The predicted molar refractivity (Wildman–Crippen MR) is 90.2 cm³/mol. The lowest BCUT2D eigenvalue weighted by Crippen LogP contribution is -2.43. The molecule has 1 aromatic heterocycles. The molecule has 7 nitrogen and oxygen atoms in total. The van der Waals surface area contributed by atoms with Gasteiger partial charge in [-0.3, -0.25) is 0 Å². The van der Waals surface area contributed by atoms with E-state index in [9.17, 15) is 9.59 Å². The van der Waals surface area contributed by atoms with Crippen molar-refractivity contribution in [2.45, 2.75) is 64.1 Å². The highest BCUT2D eigenvalue weighted by Crippen LogP contribution is 2.23. The summed E-state index contributed by atoms with van der Waals surface area (Å²) in [5, 5.41) is 15.2. The van der Waals surface area contributed by atoms with Crippen molar-refractivity contribution in [2.75, 3.05) is 5.32 Å². The molecule has 0 aromatic carbocycles. The Hall–Kier alpha value is -2.31. The number of alkyl carbamates (subject to hydrolysis) is 1. The third kappa shape index (κ3) is 5.72. The number of carboxylic acid groups (broad SMARTS) is 1. The molecule has 0 spiro atoms. The van der Waals surface area contributed by atoms with Crippen molar-refractivity contribution in [1.29, 1.82) is 0 Å². The van der Waals surface area contributed by atoms with E-state index in [-0.39, 0.29) is 17.8 Å². The highest BCUT2D eigenvalue weighted by Gasteiger charge is 2.25. The van der Waals surface area contributed by atoms with Crippen LogP contribution >= 0.6 is 0 Å². The van der Waals surface area contributed by atoms with Gasteiger partial charge in [0.1, 0.15) is 11.3 Å². The number of hydrogen-bond donors (Lipinski definition) is 3. The van der Waals surface area contributed by atoms with Gasteiger partial charge in [-0.25, -0.2) is 14.6 Å². The Morgan fingerprint density at radius 2 is 2.00 bits per heavy atom. The molecule has 0 radical (unpaired) electrons. The molecule has 2 atom stereocenters. The second-order valence-electron chi connectivity index (χ2n) is 7.09. The van der Waals surface area contributed by atoms with Gasteiger partial charge in [0.2, 0.25) is 0 Å². The zero-order chi connectivity index (χ0) is 17.7. The molecule has 0 saturated heterocycles. The minimum atomic E-state index is -1.05. The van der Waals surface area contributed by atoms with Crippen molar-refractivity contribution in [3.05, 3.63) is 24.0 Å². The third-order valence-corrected chi connectivity index (χ3v) is 3.74. The number of aromatic nitrogens is 1. The number of pyridine rings is 1. The highest BCUT2D eigenvalue weighted by molar-refractivity contribution is 5.86. The monoisotopic (exact) mass is 335 g/mol. The van der Waals surface area contributed by atoms with E-state index in [0.717, 1.165) is 31.4 Å². The van der Waals surface area contributed by atoms with Gasteiger partial charge in [-0.1, -0.05) is 0 Å². The Bertz CT molecular complexity index is 598. The van der Waals surface area contributed by atoms with Crippen LogP contribution in [-0.2, 0) is 4.74 Å². The van der Waals surface area contributed by atoms with E-state index < -0.39 is 17.7 Å². The number of anilines is 1. The van der Waals surface area contributed by atoms with Crippen LogP contribution in [0.4, 0.5) is 10.5 Å². The molecule has 1 saturated carbocycles. The summed E-state index contributed by atoms with van der Waals surface area (Å²) in [7, 11) is 0. The van der Waals surface area contributed by atoms with E-state index in [4.69, 9.17) is 9.84 Å². The van der Waals surface area contributed by atoms with Crippen LogP contribution in [0.3, 0.4) is 0 Å². The van der Waals surface area contributed by atoms with Gasteiger partial charge in [0.05, 0.1) is 0 Å². The predicted octanol–water partition coefficient (Wildman–Crippen LogP) is 3.03. The Morgan fingerprint density at radius 1 is 1.29 bits per heavy atom. The quantitative estimate of drug-likeness (QED) is 0.782. The van der Waals surface area contributed by atoms with E-state index >= 15 is 0 Å². The van der Waals surface area contributed by atoms with Crippen LogP contribution < -0.4 is 10.6 Å². The zero-order valence-electron chi connectivity index (χ0n) is 14.3. The van der Waals surface area contributed by atoms with Gasteiger partial charge in [0.15, 0.2) is 0 Å². The summed E-state index contributed by atoms with van der Waals surface area (Å²) >= 11 is 0. The smallest absolute Gasteiger partial charge is 0.407 e. The minimum Gasteiger partial charge on any atom is -0.477 e. The van der Waals surface area contributed by atoms with E-state index in [2.05, 4.69) is 15.6 Å². The molecule has 2 rings (SSSR count). The molecule has 1 amide bonds. The summed E-state index contributed by atoms with van der Waals surface area (Å²) in [6.45, 7) is 5.50. The number of ether oxygens (including phenoxy) is 1. The van der Waals surface area contributed by atoms with Gasteiger partial charge in [-0.15, -0.1) is 0 Å². The average Bonchev–Trinajstić information content (AvgIpc) is 2.45. The summed E-state index contributed by atoms with van der Waals surface area (Å²) < 4.78 is 5.29. The maximum atomic E-state index is 11.9. The molecular weight excluding hydrogens is 310 g/mol. The van der Waals surface area contributed by atoms with Crippen LogP contribution in [0.15, 0.2) is 18.3 Å². The first-order chi connectivity index (χ1) is 11.2. The second kappa shape index (κ2) is 7.51. The highest BCUT2D eigenvalue weighted by atomic mass is 16.6. The van der Waals surface area contributed by atoms with E-state index in [0.29, 0.717) is 0 Å². The van der Waals surface area contributed by atoms with Gasteiger partial charge < -0.3 is 20.5 Å². The number of amides is 1. The molecule has 24 heavy (non-hydrogen) atoms. The Balaban J connectivity index is 1.90. The first-order valence-corrected chi connectivity index (χ1v) is 8.18. The molecule has 1 fully saturated rings. The van der Waals surface area contributed by atoms with Crippen LogP contribution in [0.5, 0.6) is 0 Å². The van der Waals surface area contributed by atoms with Gasteiger partial charge in [0, 0.05) is 24.0 Å². The topological polar surface area (TPSA) is 101 Å². The van der Waals surface area contributed by atoms with Crippen molar-refractivity contribution in [3.8, 4) is 0 Å². The maximum Gasteiger partial charge on any atom is 0.407 e. The summed E-state index contributed by atoms with van der Waals surface area (Å²) in [6.07, 6.45) is 4.71. The first kappa shape index (κ1) is 18.0. The molecule has 1 aliphatic carbocycles. The Kier molecular flexibility index (Phi) is 5.64. The first-order valence-electron chi connectivity index (χ1n) is 8.18. The lowest BCUT2D eigenvalue weighted by molar-refractivity contribution is 0.0491. The molecule has 132 valence electrons. The average molecular weight is 335 g/mol. The molecule has 1 heterocycles. The fourth-order valence-corrected chi connectivity index (χ4v) is 2.80. The standard InChI is InChI=1S/C17H25N3O4/c1-17(2,3)24-16(23)20-12-6-4-5-11(9-12)19-13-7-8-18-14(10-13)15(21)22/h7-8,10-12H,4-6,9H2,1-3H3,(H,18,19)(H,20,23)(H,21,22)/t11-,12+/m0/s1. The number of rotatable bonds is 4. The molecule has 1 aliphatic rings. The normalized spacial score (nSPS) is 21.0. The molecule has 0 unspecified atom stereocenters. The number of carbonyl (C=O) groups excluding carboxylic acids is 1. The molecule has 0 bridgehead atoms. The molecule has 1 aromatic rings. The number of nitrogens with one attached hydrogen (secondary N) is 2. The summed E-state index contributed by atoms with van der Waals surface area (Å²) in [5.41, 5.74) is 0.227. The van der Waals surface area contributed by atoms with Crippen molar-refractivity contribution < 1.29 is 19.4 Å². The van der Waals surface area contributed by atoms with Crippen LogP contribution in [0.1, 0.15) is 56.9 Å². The minimum absolute atomic E-state index is 0.0132. The molecule has 3 N–H and O–H groups in total.